The smallest absolute Gasteiger partial charge is 0.119 e. The number of nitrogens with zero attached hydrogens (tertiary/aromatic N) is 1. The predicted molar refractivity (Wildman–Crippen MR) is 119 cm³/mol. The lowest BCUT2D eigenvalue weighted by atomic mass is 9.65. The second kappa shape index (κ2) is 12.9. The molecule has 0 amide bonds. The van der Waals surface area contributed by atoms with E-state index in [1.165, 1.54) is 82.6 Å². The maximum atomic E-state index is 9.91. The van der Waals surface area contributed by atoms with E-state index in [9.17, 15) is 5.26 Å². The number of benzene rings is 1. The Morgan fingerprint density at radius 2 is 1.61 bits per heavy atom. The van der Waals surface area contributed by atoms with Crippen molar-refractivity contribution in [3.05, 3.63) is 29.8 Å². The molecule has 156 valence electrons. The molecule has 1 aromatic carbocycles. The topological polar surface area (TPSA) is 33.0 Å². The van der Waals surface area contributed by atoms with Gasteiger partial charge in [0.15, 0.2) is 0 Å². The molecule has 0 heterocycles. The number of ether oxygens (including phenoxy) is 1. The Morgan fingerprint density at radius 1 is 0.929 bits per heavy atom. The van der Waals surface area contributed by atoms with Gasteiger partial charge in [-0.25, -0.2) is 0 Å². The van der Waals surface area contributed by atoms with Crippen molar-refractivity contribution in [3.63, 3.8) is 0 Å². The molecule has 1 aliphatic rings. The Labute approximate surface area is 173 Å². The molecule has 2 rings (SSSR count). The zero-order chi connectivity index (χ0) is 20.1. The summed E-state index contributed by atoms with van der Waals surface area (Å²) >= 11 is 0. The number of hydrogen-bond acceptors (Lipinski definition) is 2. The molecule has 1 unspecified atom stereocenters. The van der Waals surface area contributed by atoms with Crippen LogP contribution in [0.15, 0.2) is 24.3 Å². The summed E-state index contributed by atoms with van der Waals surface area (Å²) in [5.74, 6) is 0.950. The second-order valence-electron chi connectivity index (χ2n) is 8.88. The molecule has 0 aliphatic heterocycles. The fraction of sp³-hybridized carbons (Fsp3) is 0.731. The molecule has 1 aromatic rings. The summed E-state index contributed by atoms with van der Waals surface area (Å²) in [6, 6.07) is 11.0. The first kappa shape index (κ1) is 22.8. The standard InChI is InChI=1S/C26H41NO/c1-3-5-7-12-20-28-25-15-13-23(14-16-25)24(22-27)21-26(17-9-6-4-2)18-10-8-11-19-26/h13-16,24H,3-12,17-21H2,1-2H3. The first-order chi connectivity index (χ1) is 13.7. The van der Waals surface area contributed by atoms with E-state index in [0.717, 1.165) is 25.2 Å². The van der Waals surface area contributed by atoms with Crippen LogP contribution in [0.2, 0.25) is 0 Å². The van der Waals surface area contributed by atoms with Crippen LogP contribution in [0.1, 0.15) is 115 Å². The molecular formula is C26H41NO. The average Bonchev–Trinajstić information content (AvgIpc) is 2.73. The Kier molecular flexibility index (Phi) is 10.5. The Bertz CT molecular complexity index is 565. The van der Waals surface area contributed by atoms with Crippen LogP contribution in [0, 0.1) is 16.7 Å². The highest BCUT2D eigenvalue weighted by Crippen LogP contribution is 2.47. The highest BCUT2D eigenvalue weighted by molar-refractivity contribution is 5.32. The predicted octanol–water partition coefficient (Wildman–Crippen LogP) is 8.17. The molecule has 28 heavy (non-hydrogen) atoms. The van der Waals surface area contributed by atoms with E-state index in [4.69, 9.17) is 4.74 Å². The molecular weight excluding hydrogens is 342 g/mol. The zero-order valence-electron chi connectivity index (χ0n) is 18.3. The second-order valence-corrected chi connectivity index (χ2v) is 8.88. The third-order valence-corrected chi connectivity index (χ3v) is 6.57. The average molecular weight is 384 g/mol. The van der Waals surface area contributed by atoms with Gasteiger partial charge >= 0.3 is 0 Å². The maximum Gasteiger partial charge on any atom is 0.119 e. The fourth-order valence-electron chi connectivity index (χ4n) is 4.79. The highest BCUT2D eigenvalue weighted by Gasteiger charge is 2.34. The quantitative estimate of drug-likeness (QED) is 0.322. The third-order valence-electron chi connectivity index (χ3n) is 6.57. The van der Waals surface area contributed by atoms with Gasteiger partial charge in [0.2, 0.25) is 0 Å². The first-order valence-corrected chi connectivity index (χ1v) is 11.9. The van der Waals surface area contributed by atoms with E-state index in [2.05, 4.69) is 44.2 Å². The van der Waals surface area contributed by atoms with Gasteiger partial charge in [-0.1, -0.05) is 83.8 Å². The number of hydrogen-bond donors (Lipinski definition) is 0. The molecule has 0 N–H and O–H groups in total. The molecule has 1 aliphatic carbocycles. The number of rotatable bonds is 13. The van der Waals surface area contributed by atoms with Gasteiger partial charge in [-0.15, -0.1) is 0 Å². The molecule has 0 aromatic heterocycles. The Hall–Kier alpha value is -1.49. The largest absolute Gasteiger partial charge is 0.494 e. The molecule has 1 saturated carbocycles. The molecule has 1 atom stereocenters. The summed E-state index contributed by atoms with van der Waals surface area (Å²) in [4.78, 5) is 0. The van der Waals surface area contributed by atoms with Crippen molar-refractivity contribution in [1.82, 2.24) is 0 Å². The van der Waals surface area contributed by atoms with E-state index >= 15 is 0 Å². The molecule has 0 saturated heterocycles. The summed E-state index contributed by atoms with van der Waals surface area (Å²) in [5.41, 5.74) is 1.56. The van der Waals surface area contributed by atoms with Crippen LogP contribution in [0.4, 0.5) is 0 Å². The summed E-state index contributed by atoms with van der Waals surface area (Å²) in [6.45, 7) is 5.30. The van der Waals surface area contributed by atoms with Crippen LogP contribution in [0.25, 0.3) is 0 Å². The number of nitriles is 1. The lowest BCUT2D eigenvalue weighted by Crippen LogP contribution is -2.26. The summed E-state index contributed by atoms with van der Waals surface area (Å²) < 4.78 is 5.87. The normalized spacial score (nSPS) is 17.0. The van der Waals surface area contributed by atoms with Gasteiger partial charge in [0.25, 0.3) is 0 Å². The van der Waals surface area contributed by atoms with Crippen LogP contribution in [0.3, 0.4) is 0 Å². The molecule has 2 nitrogen and oxygen atoms in total. The van der Waals surface area contributed by atoms with Crippen molar-refractivity contribution in [3.8, 4) is 11.8 Å². The summed E-state index contributed by atoms with van der Waals surface area (Å²) in [7, 11) is 0. The van der Waals surface area contributed by atoms with Crippen LogP contribution in [-0.2, 0) is 0 Å². The van der Waals surface area contributed by atoms with E-state index in [1.54, 1.807) is 0 Å². The van der Waals surface area contributed by atoms with Gasteiger partial charge in [-0.05, 0) is 55.2 Å². The minimum Gasteiger partial charge on any atom is -0.494 e. The van der Waals surface area contributed by atoms with Gasteiger partial charge < -0.3 is 4.74 Å². The van der Waals surface area contributed by atoms with Crippen molar-refractivity contribution < 1.29 is 4.74 Å². The maximum absolute atomic E-state index is 9.91. The van der Waals surface area contributed by atoms with Crippen molar-refractivity contribution in [2.24, 2.45) is 5.41 Å². The minimum absolute atomic E-state index is 0.0123. The molecule has 0 radical (unpaired) electrons. The summed E-state index contributed by atoms with van der Waals surface area (Å²) in [6.07, 6.45) is 17.8. The number of unbranched alkanes of at least 4 members (excludes halogenated alkanes) is 5. The SMILES string of the molecule is CCCCCCOc1ccc(C(C#N)CC2(CCCCC)CCCCC2)cc1. The minimum atomic E-state index is 0.0123. The van der Waals surface area contributed by atoms with Crippen LogP contribution in [0.5, 0.6) is 5.75 Å². The van der Waals surface area contributed by atoms with Gasteiger partial charge in [0.05, 0.1) is 18.6 Å². The lowest BCUT2D eigenvalue weighted by molar-refractivity contribution is 0.147. The molecule has 0 bridgehead atoms. The van der Waals surface area contributed by atoms with Crippen molar-refractivity contribution in [1.29, 1.82) is 5.26 Å². The van der Waals surface area contributed by atoms with Crippen LogP contribution >= 0.6 is 0 Å². The van der Waals surface area contributed by atoms with E-state index in [0.29, 0.717) is 5.41 Å². The third kappa shape index (κ3) is 7.50. The van der Waals surface area contributed by atoms with Crippen molar-refractivity contribution >= 4 is 0 Å². The monoisotopic (exact) mass is 383 g/mol. The van der Waals surface area contributed by atoms with Gasteiger partial charge in [-0.2, -0.15) is 5.26 Å². The first-order valence-electron chi connectivity index (χ1n) is 11.9. The molecule has 2 heteroatoms. The van der Waals surface area contributed by atoms with E-state index < -0.39 is 0 Å². The molecule has 0 spiro atoms. The molecule has 1 fully saturated rings. The van der Waals surface area contributed by atoms with Gasteiger partial charge in [0, 0.05) is 0 Å². The van der Waals surface area contributed by atoms with Crippen molar-refractivity contribution in [2.75, 3.05) is 6.61 Å². The zero-order valence-corrected chi connectivity index (χ0v) is 18.3. The Balaban J connectivity index is 1.94. The highest BCUT2D eigenvalue weighted by atomic mass is 16.5. The van der Waals surface area contributed by atoms with Gasteiger partial charge in [0.1, 0.15) is 5.75 Å². The Morgan fingerprint density at radius 3 is 2.25 bits per heavy atom. The lowest BCUT2D eigenvalue weighted by Gasteiger charge is -2.39. The van der Waals surface area contributed by atoms with Crippen LogP contribution in [-0.4, -0.2) is 6.61 Å². The van der Waals surface area contributed by atoms with Gasteiger partial charge in [-0.3, -0.25) is 0 Å². The summed E-state index contributed by atoms with van der Waals surface area (Å²) in [5, 5.41) is 9.91. The van der Waals surface area contributed by atoms with E-state index in [-0.39, 0.29) is 5.92 Å². The van der Waals surface area contributed by atoms with E-state index in [1.807, 2.05) is 0 Å². The van der Waals surface area contributed by atoms with Crippen LogP contribution < -0.4 is 4.74 Å². The fourth-order valence-corrected chi connectivity index (χ4v) is 4.79. The van der Waals surface area contributed by atoms with Crippen molar-refractivity contribution in [2.45, 2.75) is 110 Å².